The van der Waals surface area contributed by atoms with Gasteiger partial charge in [-0.05, 0) is 0 Å². The van der Waals surface area contributed by atoms with E-state index in [1.54, 1.807) is 6.20 Å². The molecule has 1 atom stereocenters. The van der Waals surface area contributed by atoms with Crippen molar-refractivity contribution in [2.75, 3.05) is 0 Å². The summed E-state index contributed by atoms with van der Waals surface area (Å²) in [5.41, 5.74) is 1.62. The molecule has 1 aromatic heterocycles. The molecule has 0 amide bonds. The minimum Gasteiger partial charge on any atom is -0.480 e. The van der Waals surface area contributed by atoms with E-state index in [1.165, 1.54) is 0 Å². The van der Waals surface area contributed by atoms with Crippen LogP contribution in [0.25, 0.3) is 0 Å². The molecule has 0 fully saturated rings. The molecule has 0 saturated carbocycles. The van der Waals surface area contributed by atoms with E-state index in [0.29, 0.717) is 12.2 Å². The van der Waals surface area contributed by atoms with E-state index < -0.39 is 12.0 Å². The zero-order chi connectivity index (χ0) is 7.84. The summed E-state index contributed by atoms with van der Waals surface area (Å²) >= 11 is 0. The van der Waals surface area contributed by atoms with Gasteiger partial charge >= 0.3 is 5.97 Å². The number of nitrogens with zero attached hydrogens (tertiary/aromatic N) is 1. The number of fused-ring (bicyclic) bond motifs is 1. The molecule has 0 saturated heterocycles. The molecule has 0 spiro atoms. The number of carboxylic acid groups (broad SMARTS) is 1. The highest BCUT2D eigenvalue weighted by atomic mass is 16.4. The lowest BCUT2D eigenvalue weighted by Gasteiger charge is -2.01. The van der Waals surface area contributed by atoms with E-state index >= 15 is 0 Å². The number of carboxylic acids is 1. The van der Waals surface area contributed by atoms with Gasteiger partial charge in [0.05, 0.1) is 11.9 Å². The maximum atomic E-state index is 10.6. The van der Waals surface area contributed by atoms with Crippen LogP contribution in [0, 0.1) is 0 Å². The third-order valence-electron chi connectivity index (χ3n) is 1.78. The molecule has 2 heterocycles. The Bertz CT molecular complexity index is 294. The lowest BCUT2D eigenvalue weighted by atomic mass is 10.2. The van der Waals surface area contributed by atoms with Crippen molar-refractivity contribution >= 4 is 5.97 Å². The predicted molar refractivity (Wildman–Crippen MR) is 35.8 cm³/mol. The number of hydrogen-bond donors (Lipinski definition) is 3. The summed E-state index contributed by atoms with van der Waals surface area (Å²) in [6.45, 7) is 0.586. The van der Waals surface area contributed by atoms with Crippen LogP contribution in [0.4, 0.5) is 0 Å². The summed E-state index contributed by atoms with van der Waals surface area (Å²) in [6.07, 6.45) is 1.64. The average Bonchev–Trinajstić information content (AvgIpc) is 2.41. The SMILES string of the molecule is O=C(O)C1NCc2cn[nH]c21. The number of H-pyrrole nitrogens is 1. The Balaban J connectivity index is 2.38. The summed E-state index contributed by atoms with van der Waals surface area (Å²) in [5, 5.41) is 17.9. The second kappa shape index (κ2) is 2.06. The van der Waals surface area contributed by atoms with Crippen molar-refractivity contribution in [3.05, 3.63) is 17.5 Å². The minimum absolute atomic E-state index is 0.586. The summed E-state index contributed by atoms with van der Waals surface area (Å²) in [7, 11) is 0. The molecule has 0 aliphatic carbocycles. The van der Waals surface area contributed by atoms with Gasteiger partial charge in [0.25, 0.3) is 0 Å². The molecule has 58 valence electrons. The smallest absolute Gasteiger partial charge is 0.326 e. The van der Waals surface area contributed by atoms with Crippen LogP contribution in [0.5, 0.6) is 0 Å². The van der Waals surface area contributed by atoms with Gasteiger partial charge in [0, 0.05) is 12.1 Å². The van der Waals surface area contributed by atoms with Gasteiger partial charge in [-0.3, -0.25) is 15.2 Å². The molecule has 2 rings (SSSR count). The normalized spacial score (nSPS) is 21.6. The van der Waals surface area contributed by atoms with Crippen LogP contribution >= 0.6 is 0 Å². The maximum absolute atomic E-state index is 10.6. The Morgan fingerprint density at radius 2 is 2.64 bits per heavy atom. The van der Waals surface area contributed by atoms with Crippen molar-refractivity contribution in [2.45, 2.75) is 12.6 Å². The Morgan fingerprint density at radius 3 is 3.36 bits per heavy atom. The molecule has 1 unspecified atom stereocenters. The quantitative estimate of drug-likeness (QED) is 0.514. The van der Waals surface area contributed by atoms with Crippen LogP contribution in [0.3, 0.4) is 0 Å². The van der Waals surface area contributed by atoms with Crippen LogP contribution in [0.1, 0.15) is 17.3 Å². The van der Waals surface area contributed by atoms with Crippen molar-refractivity contribution in [3.8, 4) is 0 Å². The highest BCUT2D eigenvalue weighted by molar-refractivity contribution is 5.76. The van der Waals surface area contributed by atoms with Gasteiger partial charge in [-0.25, -0.2) is 0 Å². The van der Waals surface area contributed by atoms with Crippen LogP contribution < -0.4 is 5.32 Å². The van der Waals surface area contributed by atoms with Crippen molar-refractivity contribution < 1.29 is 9.90 Å². The standard InChI is InChI=1S/C6H7N3O2/c10-6(11)5-4-3(1-7-5)2-8-9-4/h2,5,7H,1H2,(H,8,9)(H,10,11). The molecule has 11 heavy (non-hydrogen) atoms. The van der Waals surface area contributed by atoms with Crippen molar-refractivity contribution in [1.29, 1.82) is 0 Å². The molecule has 5 nitrogen and oxygen atoms in total. The molecule has 0 aromatic carbocycles. The van der Waals surface area contributed by atoms with E-state index in [1.807, 2.05) is 0 Å². The topological polar surface area (TPSA) is 78.0 Å². The number of hydrogen-bond acceptors (Lipinski definition) is 3. The first-order valence-corrected chi connectivity index (χ1v) is 3.27. The molecule has 3 N–H and O–H groups in total. The molecule has 0 radical (unpaired) electrons. The molecule has 0 bridgehead atoms. The van der Waals surface area contributed by atoms with Crippen LogP contribution in [-0.4, -0.2) is 21.3 Å². The van der Waals surface area contributed by atoms with E-state index in [9.17, 15) is 4.79 Å². The van der Waals surface area contributed by atoms with Gasteiger partial charge < -0.3 is 5.11 Å². The summed E-state index contributed by atoms with van der Waals surface area (Å²) in [6, 6.07) is -0.604. The molecule has 5 heteroatoms. The van der Waals surface area contributed by atoms with Crippen molar-refractivity contribution in [2.24, 2.45) is 0 Å². The number of nitrogens with one attached hydrogen (secondary N) is 2. The Morgan fingerprint density at radius 1 is 1.82 bits per heavy atom. The highest BCUT2D eigenvalue weighted by Gasteiger charge is 2.29. The van der Waals surface area contributed by atoms with Gasteiger partial charge in [0.2, 0.25) is 0 Å². The third kappa shape index (κ3) is 0.813. The monoisotopic (exact) mass is 153 g/mol. The molecule has 1 aliphatic heterocycles. The minimum atomic E-state index is -0.868. The second-order valence-electron chi connectivity index (χ2n) is 2.46. The van der Waals surface area contributed by atoms with Crippen molar-refractivity contribution in [1.82, 2.24) is 15.5 Å². The summed E-state index contributed by atoms with van der Waals surface area (Å²) in [4.78, 5) is 10.6. The number of carbonyl (C=O) groups is 1. The molecular weight excluding hydrogens is 146 g/mol. The third-order valence-corrected chi connectivity index (χ3v) is 1.78. The lowest BCUT2D eigenvalue weighted by Crippen LogP contribution is -2.22. The average molecular weight is 153 g/mol. The lowest BCUT2D eigenvalue weighted by molar-refractivity contribution is -0.139. The predicted octanol–water partition coefficient (Wildman–Crippen LogP) is -0.361. The van der Waals surface area contributed by atoms with Crippen LogP contribution in [0.2, 0.25) is 0 Å². The maximum Gasteiger partial charge on any atom is 0.326 e. The number of aromatic amines is 1. The second-order valence-corrected chi connectivity index (χ2v) is 2.46. The number of rotatable bonds is 1. The fraction of sp³-hybridized carbons (Fsp3) is 0.333. The highest BCUT2D eigenvalue weighted by Crippen LogP contribution is 2.21. The molecule has 1 aromatic rings. The first-order chi connectivity index (χ1) is 5.29. The Kier molecular flexibility index (Phi) is 1.19. The fourth-order valence-electron chi connectivity index (χ4n) is 1.24. The Hall–Kier alpha value is -1.36. The van der Waals surface area contributed by atoms with Crippen molar-refractivity contribution in [3.63, 3.8) is 0 Å². The van der Waals surface area contributed by atoms with Gasteiger partial charge in [-0.2, -0.15) is 5.10 Å². The summed E-state index contributed by atoms with van der Waals surface area (Å²) < 4.78 is 0. The summed E-state index contributed by atoms with van der Waals surface area (Å²) in [5.74, 6) is -0.868. The molecule has 1 aliphatic rings. The van der Waals surface area contributed by atoms with E-state index in [-0.39, 0.29) is 0 Å². The van der Waals surface area contributed by atoms with Gasteiger partial charge in [0.1, 0.15) is 6.04 Å². The Labute approximate surface area is 62.4 Å². The zero-order valence-corrected chi connectivity index (χ0v) is 5.66. The number of aromatic nitrogens is 2. The zero-order valence-electron chi connectivity index (χ0n) is 5.66. The first kappa shape index (κ1) is 6.36. The van der Waals surface area contributed by atoms with E-state index in [0.717, 1.165) is 5.56 Å². The van der Waals surface area contributed by atoms with E-state index in [2.05, 4.69) is 15.5 Å². The van der Waals surface area contributed by atoms with E-state index in [4.69, 9.17) is 5.11 Å². The number of aliphatic carboxylic acids is 1. The fourth-order valence-corrected chi connectivity index (χ4v) is 1.24. The molecular formula is C6H7N3O2. The van der Waals surface area contributed by atoms with Crippen LogP contribution in [0.15, 0.2) is 6.20 Å². The van der Waals surface area contributed by atoms with Crippen LogP contribution in [-0.2, 0) is 11.3 Å². The first-order valence-electron chi connectivity index (χ1n) is 3.27. The van der Waals surface area contributed by atoms with Gasteiger partial charge in [-0.1, -0.05) is 0 Å². The largest absolute Gasteiger partial charge is 0.480 e. The van der Waals surface area contributed by atoms with Gasteiger partial charge in [0.15, 0.2) is 0 Å². The van der Waals surface area contributed by atoms with Gasteiger partial charge in [-0.15, -0.1) is 0 Å².